The highest BCUT2D eigenvalue weighted by Crippen LogP contribution is 2.07. The Morgan fingerprint density at radius 2 is 1.93 bits per heavy atom. The largest absolute Gasteiger partial charge is 0.338 e. The third-order valence-corrected chi connectivity index (χ3v) is 2.37. The molecule has 4 nitrogen and oxygen atoms in total. The van der Waals surface area contributed by atoms with E-state index in [1.165, 1.54) is 0 Å². The molecule has 0 unspecified atom stereocenters. The minimum Gasteiger partial charge on any atom is -0.338 e. The van der Waals surface area contributed by atoms with Gasteiger partial charge in [0.15, 0.2) is 0 Å². The van der Waals surface area contributed by atoms with Crippen molar-refractivity contribution in [2.45, 2.75) is 46.2 Å². The Bertz CT molecular complexity index is 243. The van der Waals surface area contributed by atoms with E-state index in [1.807, 2.05) is 33.8 Å². The van der Waals surface area contributed by atoms with Crippen LogP contribution in [0.2, 0.25) is 0 Å². The Labute approximate surface area is 92.0 Å². The van der Waals surface area contributed by atoms with Gasteiger partial charge in [-0.05, 0) is 19.8 Å². The second-order valence-corrected chi connectivity index (χ2v) is 4.30. The van der Waals surface area contributed by atoms with E-state index >= 15 is 0 Å². The van der Waals surface area contributed by atoms with Crippen LogP contribution in [-0.2, 0) is 4.79 Å². The van der Waals surface area contributed by atoms with Crippen molar-refractivity contribution >= 4 is 5.91 Å². The second-order valence-electron chi connectivity index (χ2n) is 4.30. The lowest BCUT2D eigenvalue weighted by Gasteiger charge is -2.29. The number of carbonyl (C=O) groups excluding carboxylic acids is 1. The van der Waals surface area contributed by atoms with Crippen LogP contribution in [-0.4, -0.2) is 29.4 Å². The molecule has 0 aromatic rings. The number of nitriles is 1. The van der Waals surface area contributed by atoms with Crippen LogP contribution in [0.5, 0.6) is 0 Å². The molecule has 1 amide bonds. The maximum Gasteiger partial charge on any atom is 0.240 e. The average molecular weight is 211 g/mol. The number of hydrogen-bond donors (Lipinski definition) is 1. The molecule has 2 N–H and O–H groups in total. The summed E-state index contributed by atoms with van der Waals surface area (Å²) < 4.78 is 0. The molecule has 0 rings (SSSR count). The summed E-state index contributed by atoms with van der Waals surface area (Å²) in [5.74, 6) is 0.0658. The Kier molecular flexibility index (Phi) is 5.95. The van der Waals surface area contributed by atoms with Crippen molar-refractivity contribution in [3.63, 3.8) is 0 Å². The fraction of sp³-hybridized carbons (Fsp3) is 0.818. The zero-order valence-electron chi connectivity index (χ0n) is 10.0. The first-order valence-electron chi connectivity index (χ1n) is 5.34. The lowest BCUT2D eigenvalue weighted by atomic mass is 10.0. The highest BCUT2D eigenvalue weighted by Gasteiger charge is 2.24. The number of carbonyl (C=O) groups is 1. The zero-order chi connectivity index (χ0) is 12.0. The topological polar surface area (TPSA) is 70.1 Å². The zero-order valence-corrected chi connectivity index (χ0v) is 10.0. The van der Waals surface area contributed by atoms with Crippen molar-refractivity contribution in [2.24, 2.45) is 11.7 Å². The molecule has 0 spiro atoms. The minimum absolute atomic E-state index is 0.0600. The first-order valence-corrected chi connectivity index (χ1v) is 5.34. The molecule has 4 heteroatoms. The van der Waals surface area contributed by atoms with Gasteiger partial charge in [-0.2, -0.15) is 5.26 Å². The fourth-order valence-corrected chi connectivity index (χ4v) is 1.27. The Morgan fingerprint density at radius 3 is 2.27 bits per heavy atom. The lowest BCUT2D eigenvalue weighted by molar-refractivity contribution is -0.135. The lowest BCUT2D eigenvalue weighted by Crippen LogP contribution is -2.49. The van der Waals surface area contributed by atoms with E-state index in [-0.39, 0.29) is 17.9 Å². The Balaban J connectivity index is 4.49. The molecule has 0 heterocycles. The predicted molar refractivity (Wildman–Crippen MR) is 59.9 cm³/mol. The molecular weight excluding hydrogens is 190 g/mol. The van der Waals surface area contributed by atoms with E-state index in [0.717, 1.165) is 0 Å². The Morgan fingerprint density at radius 1 is 1.40 bits per heavy atom. The van der Waals surface area contributed by atoms with Gasteiger partial charge in [0.05, 0.1) is 18.5 Å². The summed E-state index contributed by atoms with van der Waals surface area (Å²) in [4.78, 5) is 13.6. The van der Waals surface area contributed by atoms with Gasteiger partial charge in [0, 0.05) is 12.6 Å². The van der Waals surface area contributed by atoms with Gasteiger partial charge in [0.1, 0.15) is 0 Å². The van der Waals surface area contributed by atoms with Crippen LogP contribution in [0.4, 0.5) is 0 Å². The fourth-order valence-electron chi connectivity index (χ4n) is 1.27. The van der Waals surface area contributed by atoms with E-state index < -0.39 is 6.04 Å². The van der Waals surface area contributed by atoms with Crippen LogP contribution < -0.4 is 5.73 Å². The molecule has 0 bridgehead atoms. The van der Waals surface area contributed by atoms with E-state index in [1.54, 1.807) is 4.90 Å². The molecule has 0 fully saturated rings. The van der Waals surface area contributed by atoms with E-state index in [2.05, 4.69) is 0 Å². The van der Waals surface area contributed by atoms with Gasteiger partial charge in [0.2, 0.25) is 5.91 Å². The highest BCUT2D eigenvalue weighted by molar-refractivity contribution is 5.82. The summed E-state index contributed by atoms with van der Waals surface area (Å²) >= 11 is 0. The first-order chi connectivity index (χ1) is 6.91. The quantitative estimate of drug-likeness (QED) is 0.740. The summed E-state index contributed by atoms with van der Waals surface area (Å²) in [6.07, 6.45) is 0.356. The van der Waals surface area contributed by atoms with Gasteiger partial charge in [-0.15, -0.1) is 0 Å². The smallest absolute Gasteiger partial charge is 0.240 e. The number of rotatable bonds is 5. The van der Waals surface area contributed by atoms with Gasteiger partial charge in [-0.3, -0.25) is 4.79 Å². The highest BCUT2D eigenvalue weighted by atomic mass is 16.2. The summed E-state index contributed by atoms with van der Waals surface area (Å²) in [5, 5.41) is 8.51. The normalized spacial score (nSPS) is 12.7. The van der Waals surface area contributed by atoms with Gasteiger partial charge in [-0.1, -0.05) is 13.8 Å². The number of nitrogens with zero attached hydrogens (tertiary/aromatic N) is 2. The summed E-state index contributed by atoms with van der Waals surface area (Å²) in [6, 6.07) is 1.67. The molecule has 0 aliphatic rings. The van der Waals surface area contributed by atoms with Crippen LogP contribution in [0.25, 0.3) is 0 Å². The van der Waals surface area contributed by atoms with E-state index in [4.69, 9.17) is 11.0 Å². The number of hydrogen-bond acceptors (Lipinski definition) is 3. The molecule has 0 aliphatic carbocycles. The minimum atomic E-state index is -0.467. The number of nitrogens with two attached hydrogens (primary N) is 1. The third kappa shape index (κ3) is 4.30. The van der Waals surface area contributed by atoms with Crippen LogP contribution in [0.3, 0.4) is 0 Å². The summed E-state index contributed by atoms with van der Waals surface area (Å²) in [6.45, 7) is 8.18. The van der Waals surface area contributed by atoms with Gasteiger partial charge < -0.3 is 10.6 Å². The van der Waals surface area contributed by atoms with Gasteiger partial charge in [0.25, 0.3) is 0 Å². The van der Waals surface area contributed by atoms with Crippen molar-refractivity contribution in [1.82, 2.24) is 4.90 Å². The monoisotopic (exact) mass is 211 g/mol. The molecule has 0 aromatic carbocycles. The molecule has 15 heavy (non-hydrogen) atoms. The maximum atomic E-state index is 11.9. The third-order valence-electron chi connectivity index (χ3n) is 2.37. The molecule has 1 atom stereocenters. The van der Waals surface area contributed by atoms with Crippen LogP contribution in [0.1, 0.15) is 34.1 Å². The van der Waals surface area contributed by atoms with Crippen LogP contribution in [0, 0.1) is 17.2 Å². The molecule has 0 aliphatic heterocycles. The second kappa shape index (κ2) is 6.41. The summed E-state index contributed by atoms with van der Waals surface area (Å²) in [7, 11) is 0. The molecule has 0 saturated carbocycles. The Hall–Kier alpha value is -1.08. The van der Waals surface area contributed by atoms with Gasteiger partial charge in [-0.25, -0.2) is 0 Å². The van der Waals surface area contributed by atoms with Crippen molar-refractivity contribution in [2.75, 3.05) is 6.54 Å². The van der Waals surface area contributed by atoms with E-state index in [0.29, 0.717) is 13.0 Å². The number of amides is 1. The average Bonchev–Trinajstić information content (AvgIpc) is 2.16. The molecule has 0 radical (unpaired) electrons. The molecule has 0 aromatic heterocycles. The van der Waals surface area contributed by atoms with Crippen molar-refractivity contribution < 1.29 is 4.79 Å². The van der Waals surface area contributed by atoms with Gasteiger partial charge >= 0.3 is 0 Å². The maximum absolute atomic E-state index is 11.9. The molecule has 0 saturated heterocycles. The molecule has 86 valence electrons. The first kappa shape index (κ1) is 13.9. The van der Waals surface area contributed by atoms with Crippen molar-refractivity contribution in [1.29, 1.82) is 5.26 Å². The van der Waals surface area contributed by atoms with E-state index in [9.17, 15) is 4.79 Å². The molecular formula is C11H21N3O. The van der Waals surface area contributed by atoms with Crippen molar-refractivity contribution in [3.8, 4) is 6.07 Å². The van der Waals surface area contributed by atoms with Crippen LogP contribution >= 0.6 is 0 Å². The summed E-state index contributed by atoms with van der Waals surface area (Å²) in [5.41, 5.74) is 5.80. The van der Waals surface area contributed by atoms with Crippen LogP contribution in [0.15, 0.2) is 0 Å². The SMILES string of the molecule is CC(C)[C@@H](N)C(=O)N(CCC#N)C(C)C. The standard InChI is InChI=1S/C11H21N3O/c1-8(2)10(13)11(15)14(9(3)4)7-5-6-12/h8-10H,5,7,13H2,1-4H3/t10-/m1/s1. The predicted octanol–water partition coefficient (Wildman–Crippen LogP) is 1.12. The van der Waals surface area contributed by atoms with Crippen molar-refractivity contribution in [3.05, 3.63) is 0 Å².